The number of aromatic nitrogens is 2. The molecule has 1 aromatic heterocycles. The highest BCUT2D eigenvalue weighted by atomic mass is 16.1. The minimum absolute atomic E-state index is 0.0315. The summed E-state index contributed by atoms with van der Waals surface area (Å²) in [7, 11) is 1.65. The van der Waals surface area contributed by atoms with Gasteiger partial charge in [0.25, 0.3) is 0 Å². The average molecular weight is 284 g/mol. The van der Waals surface area contributed by atoms with Gasteiger partial charge in [-0.05, 0) is 30.5 Å². The van der Waals surface area contributed by atoms with Crippen LogP contribution in [0.1, 0.15) is 30.1 Å². The number of benzene rings is 1. The molecule has 5 nitrogen and oxygen atoms in total. The molecule has 1 fully saturated rings. The van der Waals surface area contributed by atoms with E-state index >= 15 is 0 Å². The first-order chi connectivity index (χ1) is 10.3. The van der Waals surface area contributed by atoms with E-state index in [0.29, 0.717) is 12.5 Å². The molecule has 0 saturated heterocycles. The Hall–Kier alpha value is -2.30. The number of amides is 1. The quantitative estimate of drug-likeness (QED) is 0.854. The summed E-state index contributed by atoms with van der Waals surface area (Å²) in [5, 5.41) is 6.03. The number of hydrogen-bond acceptors (Lipinski definition) is 3. The van der Waals surface area contributed by atoms with E-state index in [-0.39, 0.29) is 5.91 Å². The Bertz CT molecular complexity index is 613. The molecule has 1 heterocycles. The third kappa shape index (κ3) is 3.42. The number of carbonyl (C=O) groups excluding carboxylic acids is 1. The van der Waals surface area contributed by atoms with Gasteiger partial charge in [-0.3, -0.25) is 4.79 Å². The lowest BCUT2D eigenvalue weighted by Gasteiger charge is -2.09. The molecule has 0 unspecified atom stereocenters. The first kappa shape index (κ1) is 13.7. The van der Waals surface area contributed by atoms with Crippen molar-refractivity contribution in [2.24, 2.45) is 0 Å². The fourth-order valence-corrected chi connectivity index (χ4v) is 2.36. The second-order valence-corrected chi connectivity index (χ2v) is 5.42. The van der Waals surface area contributed by atoms with Gasteiger partial charge in [0.05, 0.1) is 25.0 Å². The van der Waals surface area contributed by atoms with Crippen LogP contribution in [0.3, 0.4) is 0 Å². The molecule has 2 N–H and O–H groups in total. The molecule has 1 aliphatic rings. The number of likely N-dealkylation sites (N-methyl/N-ethyl adjacent to an activating group) is 1. The SMILES string of the molecule is CNC(=O)Cc1ccc(NCc2cncn2C2CC2)cc1. The molecule has 0 spiro atoms. The Morgan fingerprint density at radius 2 is 2.10 bits per heavy atom. The van der Waals surface area contributed by atoms with Crippen LogP contribution in [-0.4, -0.2) is 22.5 Å². The lowest BCUT2D eigenvalue weighted by molar-refractivity contribution is -0.119. The van der Waals surface area contributed by atoms with Crippen molar-refractivity contribution in [2.45, 2.75) is 31.8 Å². The minimum Gasteiger partial charge on any atom is -0.379 e. The van der Waals surface area contributed by atoms with E-state index in [1.54, 1.807) is 7.05 Å². The monoisotopic (exact) mass is 284 g/mol. The molecule has 0 bridgehead atoms. The van der Waals surface area contributed by atoms with E-state index in [1.165, 1.54) is 18.5 Å². The zero-order valence-electron chi connectivity index (χ0n) is 12.2. The molecule has 0 aliphatic heterocycles. The number of carbonyl (C=O) groups is 1. The zero-order valence-corrected chi connectivity index (χ0v) is 12.2. The van der Waals surface area contributed by atoms with Gasteiger partial charge in [0.2, 0.25) is 5.91 Å². The topological polar surface area (TPSA) is 59.0 Å². The van der Waals surface area contributed by atoms with E-state index in [2.05, 4.69) is 20.2 Å². The molecule has 110 valence electrons. The Kier molecular flexibility index (Phi) is 3.90. The van der Waals surface area contributed by atoms with Crippen LogP contribution in [0, 0.1) is 0 Å². The van der Waals surface area contributed by atoms with Crippen LogP contribution >= 0.6 is 0 Å². The lowest BCUT2D eigenvalue weighted by Crippen LogP contribution is -2.19. The lowest BCUT2D eigenvalue weighted by atomic mass is 10.1. The molecular formula is C16H20N4O. The third-order valence-corrected chi connectivity index (χ3v) is 3.76. The van der Waals surface area contributed by atoms with E-state index in [4.69, 9.17) is 0 Å². The third-order valence-electron chi connectivity index (χ3n) is 3.76. The van der Waals surface area contributed by atoms with Gasteiger partial charge in [-0.25, -0.2) is 4.98 Å². The highest BCUT2D eigenvalue weighted by Crippen LogP contribution is 2.35. The fraction of sp³-hybridized carbons (Fsp3) is 0.375. The zero-order chi connectivity index (χ0) is 14.7. The summed E-state index contributed by atoms with van der Waals surface area (Å²) in [4.78, 5) is 15.5. The van der Waals surface area contributed by atoms with Crippen molar-refractivity contribution in [2.75, 3.05) is 12.4 Å². The van der Waals surface area contributed by atoms with Crippen molar-refractivity contribution in [3.05, 3.63) is 48.0 Å². The van der Waals surface area contributed by atoms with Gasteiger partial charge >= 0.3 is 0 Å². The number of hydrogen-bond donors (Lipinski definition) is 2. The smallest absolute Gasteiger partial charge is 0.224 e. The highest BCUT2D eigenvalue weighted by molar-refractivity contribution is 5.78. The molecular weight excluding hydrogens is 264 g/mol. The van der Waals surface area contributed by atoms with Gasteiger partial charge in [0.15, 0.2) is 0 Å². The van der Waals surface area contributed by atoms with Gasteiger partial charge < -0.3 is 15.2 Å². The molecule has 21 heavy (non-hydrogen) atoms. The van der Waals surface area contributed by atoms with Crippen LogP contribution < -0.4 is 10.6 Å². The van der Waals surface area contributed by atoms with Crippen molar-refractivity contribution in [1.29, 1.82) is 0 Å². The molecule has 2 aromatic rings. The number of nitrogens with one attached hydrogen (secondary N) is 2. The van der Waals surface area contributed by atoms with Crippen molar-refractivity contribution in [1.82, 2.24) is 14.9 Å². The predicted octanol–water partition coefficient (Wildman–Crippen LogP) is 2.12. The molecule has 0 atom stereocenters. The second kappa shape index (κ2) is 5.99. The van der Waals surface area contributed by atoms with Crippen molar-refractivity contribution < 1.29 is 4.79 Å². The summed E-state index contributed by atoms with van der Waals surface area (Å²) in [5.41, 5.74) is 3.29. The van der Waals surface area contributed by atoms with Crippen LogP contribution in [0.25, 0.3) is 0 Å². The predicted molar refractivity (Wildman–Crippen MR) is 82.0 cm³/mol. The number of nitrogens with zero attached hydrogens (tertiary/aromatic N) is 2. The van der Waals surface area contributed by atoms with Gasteiger partial charge in [0, 0.05) is 25.0 Å². The van der Waals surface area contributed by atoms with Crippen LogP contribution in [0.2, 0.25) is 0 Å². The molecule has 5 heteroatoms. The molecule has 1 amide bonds. The van der Waals surface area contributed by atoms with Gasteiger partial charge in [-0.1, -0.05) is 12.1 Å². The summed E-state index contributed by atoms with van der Waals surface area (Å²) in [6, 6.07) is 8.64. The van der Waals surface area contributed by atoms with Crippen LogP contribution in [0.15, 0.2) is 36.8 Å². The Morgan fingerprint density at radius 3 is 2.76 bits per heavy atom. The number of anilines is 1. The van der Waals surface area contributed by atoms with Crippen molar-refractivity contribution in [3.8, 4) is 0 Å². The average Bonchev–Trinajstić information content (AvgIpc) is 3.25. The number of imidazole rings is 1. The minimum atomic E-state index is 0.0315. The highest BCUT2D eigenvalue weighted by Gasteiger charge is 2.24. The maximum atomic E-state index is 11.3. The van der Waals surface area contributed by atoms with Gasteiger partial charge in [-0.2, -0.15) is 0 Å². The summed E-state index contributed by atoms with van der Waals surface area (Å²) < 4.78 is 2.26. The van der Waals surface area contributed by atoms with Crippen LogP contribution in [0.5, 0.6) is 0 Å². The molecule has 0 radical (unpaired) electrons. The summed E-state index contributed by atoms with van der Waals surface area (Å²) in [6.07, 6.45) is 6.78. The molecule has 1 saturated carbocycles. The standard InChI is InChI=1S/C16H20N4O/c1-17-16(21)8-12-2-4-13(5-3-12)19-10-15-9-18-11-20(15)14-6-7-14/h2-5,9,11,14,19H,6-8,10H2,1H3,(H,17,21). The molecule has 1 aliphatic carbocycles. The summed E-state index contributed by atoms with van der Waals surface area (Å²) >= 11 is 0. The maximum Gasteiger partial charge on any atom is 0.224 e. The Labute approximate surface area is 124 Å². The Morgan fingerprint density at radius 1 is 1.33 bits per heavy atom. The Balaban J connectivity index is 1.57. The molecule has 1 aromatic carbocycles. The first-order valence-electron chi connectivity index (χ1n) is 7.30. The summed E-state index contributed by atoms with van der Waals surface area (Å²) in [5.74, 6) is 0.0315. The first-order valence-corrected chi connectivity index (χ1v) is 7.30. The second-order valence-electron chi connectivity index (χ2n) is 5.42. The van der Waals surface area contributed by atoms with Gasteiger partial charge in [0.1, 0.15) is 0 Å². The molecule has 3 rings (SSSR count). The van der Waals surface area contributed by atoms with E-state index in [1.807, 2.05) is 36.8 Å². The van der Waals surface area contributed by atoms with Gasteiger partial charge in [-0.15, -0.1) is 0 Å². The number of rotatable bonds is 6. The fourth-order valence-electron chi connectivity index (χ4n) is 2.36. The van der Waals surface area contributed by atoms with E-state index in [0.717, 1.165) is 17.8 Å². The van der Waals surface area contributed by atoms with E-state index < -0.39 is 0 Å². The maximum absolute atomic E-state index is 11.3. The van der Waals surface area contributed by atoms with Crippen molar-refractivity contribution >= 4 is 11.6 Å². The van der Waals surface area contributed by atoms with E-state index in [9.17, 15) is 4.79 Å². The van der Waals surface area contributed by atoms with Crippen LogP contribution in [-0.2, 0) is 17.8 Å². The largest absolute Gasteiger partial charge is 0.379 e. The van der Waals surface area contributed by atoms with Crippen molar-refractivity contribution in [3.63, 3.8) is 0 Å². The summed E-state index contributed by atoms with van der Waals surface area (Å²) in [6.45, 7) is 0.769. The normalized spacial score (nSPS) is 14.0. The van der Waals surface area contributed by atoms with Crippen LogP contribution in [0.4, 0.5) is 5.69 Å².